The lowest BCUT2D eigenvalue weighted by Crippen LogP contribution is -2.55. The van der Waals surface area contributed by atoms with Gasteiger partial charge in [0.1, 0.15) is 0 Å². The van der Waals surface area contributed by atoms with Gasteiger partial charge in [0.2, 0.25) is 0 Å². The molecule has 5 heteroatoms. The molecule has 0 aromatic heterocycles. The van der Waals surface area contributed by atoms with Gasteiger partial charge in [-0.3, -0.25) is 0 Å². The van der Waals surface area contributed by atoms with Crippen LogP contribution in [0.1, 0.15) is 13.8 Å². The Morgan fingerprint density at radius 3 is 2.31 bits per heavy atom. The van der Waals surface area contributed by atoms with E-state index in [1.807, 2.05) is 0 Å². The Balaban J connectivity index is 4.73. The first-order valence-electron chi connectivity index (χ1n) is 4.02. The van der Waals surface area contributed by atoms with Crippen molar-refractivity contribution in [3.8, 4) is 0 Å². The zero-order valence-corrected chi connectivity index (χ0v) is 7.86. The molecule has 0 saturated heterocycles. The number of nitrogens with zero attached hydrogens (tertiary/aromatic N) is 1. The number of aliphatic carboxylic acids is 1. The number of carboxylic acid groups (broad SMARTS) is 1. The molecule has 5 nitrogen and oxygen atoms in total. The highest BCUT2D eigenvalue weighted by Crippen LogP contribution is 2.14. The van der Waals surface area contributed by atoms with Gasteiger partial charge in [-0.2, -0.15) is 0 Å². The molecule has 0 aliphatic carbocycles. The van der Waals surface area contributed by atoms with E-state index in [1.165, 1.54) is 4.90 Å². The number of hydrogen-bond donors (Lipinski definition) is 2. The van der Waals surface area contributed by atoms with E-state index in [-0.39, 0.29) is 0 Å². The van der Waals surface area contributed by atoms with Crippen molar-refractivity contribution in [1.29, 1.82) is 0 Å². The number of hydrogen-bond acceptors (Lipinski definition) is 4. The van der Waals surface area contributed by atoms with Gasteiger partial charge in [-0.1, -0.05) is 20.4 Å². The average molecular weight is 189 g/mol. The standard InChI is InChI=1S/C8H15NO4/c1-4-9(5-2)8(12,7(10)11)13-6-3/h6,12H,3-5H2,1-2H3,(H,10,11). The van der Waals surface area contributed by atoms with Gasteiger partial charge in [-0.15, -0.1) is 0 Å². The van der Waals surface area contributed by atoms with Gasteiger partial charge in [-0.05, 0) is 0 Å². The molecule has 0 amide bonds. The molecule has 0 aliphatic rings. The van der Waals surface area contributed by atoms with Crippen molar-refractivity contribution in [2.75, 3.05) is 13.1 Å². The molecule has 1 atom stereocenters. The Hall–Kier alpha value is -1.07. The van der Waals surface area contributed by atoms with Crippen LogP contribution in [0.15, 0.2) is 12.8 Å². The van der Waals surface area contributed by atoms with Crippen LogP contribution in [0, 0.1) is 0 Å². The van der Waals surface area contributed by atoms with Gasteiger partial charge < -0.3 is 14.9 Å². The van der Waals surface area contributed by atoms with Crippen molar-refractivity contribution in [3.05, 3.63) is 12.8 Å². The Labute approximate surface area is 77.2 Å². The summed E-state index contributed by atoms with van der Waals surface area (Å²) in [6.45, 7) is 7.40. The zero-order valence-electron chi connectivity index (χ0n) is 7.86. The third-order valence-electron chi connectivity index (χ3n) is 1.72. The molecule has 13 heavy (non-hydrogen) atoms. The summed E-state index contributed by atoms with van der Waals surface area (Å²) in [4.78, 5) is 12.0. The second-order valence-corrected chi connectivity index (χ2v) is 2.37. The maximum atomic E-state index is 10.7. The highest BCUT2D eigenvalue weighted by atomic mass is 16.7. The van der Waals surface area contributed by atoms with Gasteiger partial charge in [0, 0.05) is 13.1 Å². The summed E-state index contributed by atoms with van der Waals surface area (Å²) in [5, 5.41) is 18.3. The summed E-state index contributed by atoms with van der Waals surface area (Å²) in [6, 6.07) is 0. The van der Waals surface area contributed by atoms with Gasteiger partial charge in [-0.25, -0.2) is 9.69 Å². The number of aliphatic hydroxyl groups is 1. The Kier molecular flexibility index (Phi) is 4.44. The second-order valence-electron chi connectivity index (χ2n) is 2.37. The molecule has 2 N–H and O–H groups in total. The van der Waals surface area contributed by atoms with E-state index in [0.29, 0.717) is 13.1 Å². The molecule has 0 saturated carbocycles. The van der Waals surface area contributed by atoms with Crippen molar-refractivity contribution in [2.24, 2.45) is 0 Å². The highest BCUT2D eigenvalue weighted by Gasteiger charge is 2.43. The maximum absolute atomic E-state index is 10.7. The predicted molar refractivity (Wildman–Crippen MR) is 46.8 cm³/mol. The van der Waals surface area contributed by atoms with Crippen LogP contribution in [0.5, 0.6) is 0 Å². The monoisotopic (exact) mass is 189 g/mol. The summed E-state index contributed by atoms with van der Waals surface area (Å²) in [7, 11) is 0. The molecule has 76 valence electrons. The Bertz CT molecular complexity index is 191. The van der Waals surface area contributed by atoms with Gasteiger partial charge in [0.05, 0.1) is 6.26 Å². The smallest absolute Gasteiger partial charge is 0.395 e. The number of likely N-dealkylation sites (N-methyl/N-ethyl adjacent to an activating group) is 1. The van der Waals surface area contributed by atoms with Crippen LogP contribution in [0.2, 0.25) is 0 Å². The summed E-state index contributed by atoms with van der Waals surface area (Å²) in [5.41, 5.74) is 0. The van der Waals surface area contributed by atoms with E-state index in [0.717, 1.165) is 6.26 Å². The molecule has 0 heterocycles. The van der Waals surface area contributed by atoms with Gasteiger partial charge in [0.15, 0.2) is 0 Å². The van der Waals surface area contributed by atoms with Crippen molar-refractivity contribution < 1.29 is 19.7 Å². The molecule has 0 fully saturated rings. The second kappa shape index (κ2) is 4.84. The molecular weight excluding hydrogens is 174 g/mol. The minimum atomic E-state index is -2.30. The lowest BCUT2D eigenvalue weighted by Gasteiger charge is -2.32. The average Bonchev–Trinajstić information content (AvgIpc) is 2.06. The van der Waals surface area contributed by atoms with E-state index in [9.17, 15) is 9.90 Å². The molecule has 1 unspecified atom stereocenters. The van der Waals surface area contributed by atoms with Crippen LogP contribution in [0.25, 0.3) is 0 Å². The molecule has 0 rings (SSSR count). The van der Waals surface area contributed by atoms with Crippen LogP contribution in [0.3, 0.4) is 0 Å². The van der Waals surface area contributed by atoms with Crippen LogP contribution in [-0.4, -0.2) is 40.1 Å². The fraction of sp³-hybridized carbons (Fsp3) is 0.625. The highest BCUT2D eigenvalue weighted by molar-refractivity contribution is 5.74. The van der Waals surface area contributed by atoms with Crippen molar-refractivity contribution in [3.63, 3.8) is 0 Å². The number of carbonyl (C=O) groups is 1. The van der Waals surface area contributed by atoms with Crippen molar-refractivity contribution >= 4 is 5.97 Å². The van der Waals surface area contributed by atoms with Gasteiger partial charge in [0.25, 0.3) is 0 Å². The lowest BCUT2D eigenvalue weighted by atomic mass is 10.4. The first-order chi connectivity index (χ1) is 6.02. The molecule has 0 aromatic rings. The SMILES string of the molecule is C=COC(O)(C(=O)O)N(CC)CC. The number of carboxylic acids is 1. The third kappa shape index (κ3) is 2.43. The quantitative estimate of drug-likeness (QED) is 0.462. The summed E-state index contributed by atoms with van der Waals surface area (Å²) < 4.78 is 4.58. The number of ether oxygens (including phenoxy) is 1. The van der Waals surface area contributed by atoms with E-state index in [2.05, 4.69) is 11.3 Å². The maximum Gasteiger partial charge on any atom is 0.395 e. The van der Waals surface area contributed by atoms with Crippen LogP contribution >= 0.6 is 0 Å². The number of rotatable bonds is 6. The van der Waals surface area contributed by atoms with Gasteiger partial charge >= 0.3 is 11.9 Å². The fourth-order valence-corrected chi connectivity index (χ4v) is 1.03. The van der Waals surface area contributed by atoms with E-state index in [4.69, 9.17) is 5.11 Å². The molecule has 0 aliphatic heterocycles. The lowest BCUT2D eigenvalue weighted by molar-refractivity contribution is -0.264. The Morgan fingerprint density at radius 2 is 2.08 bits per heavy atom. The molecule has 0 radical (unpaired) electrons. The Morgan fingerprint density at radius 1 is 1.62 bits per heavy atom. The topological polar surface area (TPSA) is 70.0 Å². The van der Waals surface area contributed by atoms with E-state index in [1.54, 1.807) is 13.8 Å². The van der Waals surface area contributed by atoms with E-state index < -0.39 is 11.9 Å². The molecule has 0 bridgehead atoms. The molecule has 0 spiro atoms. The van der Waals surface area contributed by atoms with Crippen LogP contribution in [0.4, 0.5) is 0 Å². The minimum absolute atomic E-state index is 0.368. The summed E-state index contributed by atoms with van der Waals surface area (Å²) >= 11 is 0. The zero-order chi connectivity index (χ0) is 10.5. The predicted octanol–water partition coefficient (Wildman–Crippen LogP) is 0.219. The molecular formula is C8H15NO4. The molecule has 0 aromatic carbocycles. The first kappa shape index (κ1) is 11.9. The summed E-state index contributed by atoms with van der Waals surface area (Å²) in [5.74, 6) is -3.75. The van der Waals surface area contributed by atoms with Crippen molar-refractivity contribution in [2.45, 2.75) is 19.8 Å². The fourth-order valence-electron chi connectivity index (χ4n) is 1.03. The van der Waals surface area contributed by atoms with Crippen LogP contribution < -0.4 is 0 Å². The third-order valence-corrected chi connectivity index (χ3v) is 1.72. The van der Waals surface area contributed by atoms with Crippen LogP contribution in [-0.2, 0) is 9.53 Å². The largest absolute Gasteiger partial charge is 0.475 e. The first-order valence-corrected chi connectivity index (χ1v) is 4.02. The van der Waals surface area contributed by atoms with E-state index >= 15 is 0 Å². The minimum Gasteiger partial charge on any atom is -0.475 e. The van der Waals surface area contributed by atoms with Crippen molar-refractivity contribution in [1.82, 2.24) is 4.90 Å². The normalized spacial score (nSPS) is 15.1. The summed E-state index contributed by atoms with van der Waals surface area (Å²) in [6.07, 6.45) is 0.909.